The quantitative estimate of drug-likeness (QED) is 0.419. The van der Waals surface area contributed by atoms with Crippen molar-refractivity contribution in [2.45, 2.75) is 110 Å². The van der Waals surface area contributed by atoms with E-state index in [0.29, 0.717) is 76.6 Å². The summed E-state index contributed by atoms with van der Waals surface area (Å²) in [5.41, 5.74) is 1.47. The number of carbonyl (C=O) groups excluding carboxylic acids is 3. The van der Waals surface area contributed by atoms with E-state index in [0.717, 1.165) is 5.56 Å². The molecule has 5 heterocycles. The monoisotopic (exact) mass is 752 g/mol. The minimum atomic E-state index is -0.637. The van der Waals surface area contributed by atoms with Crippen molar-refractivity contribution in [1.82, 2.24) is 25.0 Å². The molecule has 0 aliphatic carbocycles. The number of hydrogen-bond acceptors (Lipinski definition) is 10. The molecule has 0 radical (unpaired) electrons. The van der Waals surface area contributed by atoms with Crippen LogP contribution in [0.3, 0.4) is 0 Å². The Kier molecular flexibility index (Phi) is 12.5. The zero-order valence-corrected chi connectivity index (χ0v) is 32.8. The summed E-state index contributed by atoms with van der Waals surface area (Å²) in [5, 5.41) is 3.11. The second kappa shape index (κ2) is 16.9. The van der Waals surface area contributed by atoms with Gasteiger partial charge in [-0.25, -0.2) is 14.2 Å². The van der Waals surface area contributed by atoms with Gasteiger partial charge in [-0.1, -0.05) is 12.1 Å². The van der Waals surface area contributed by atoms with Gasteiger partial charge in [0.1, 0.15) is 29.4 Å². The highest BCUT2D eigenvalue weighted by atomic mass is 19.1. The molecule has 1 aromatic heterocycles. The predicted octanol–water partition coefficient (Wildman–Crippen LogP) is 4.25. The number of ether oxygens (including phenoxy) is 4. The van der Waals surface area contributed by atoms with Crippen LogP contribution in [0.1, 0.15) is 82.9 Å². The number of nitrogens with zero attached hydrogens (tertiary/aromatic N) is 5. The highest BCUT2D eigenvalue weighted by Crippen LogP contribution is 2.36. The summed E-state index contributed by atoms with van der Waals surface area (Å²) in [7, 11) is 0. The Hall–Kier alpha value is -3.85. The minimum Gasteiger partial charge on any atom is -0.474 e. The number of aromatic nitrogens is 1. The molecule has 54 heavy (non-hydrogen) atoms. The SMILES string of the molecule is C[C@@H]1CN(CC(=O)N2c3cc(Cc4ccc(F)cc4)c(C(=O)NC4CCOCC4)nc3OC[C@@H]2C)[C@@H](CN2[C@H](C)COC[C@H]2C)CN1C(=O)OC(C)(C)C. The smallest absolute Gasteiger partial charge is 0.410 e. The second-order valence-corrected chi connectivity index (χ2v) is 16.4. The van der Waals surface area contributed by atoms with Gasteiger partial charge >= 0.3 is 6.09 Å². The third-order valence-corrected chi connectivity index (χ3v) is 10.8. The lowest BCUT2D eigenvalue weighted by Gasteiger charge is -2.49. The number of anilines is 1. The molecule has 0 spiro atoms. The lowest BCUT2D eigenvalue weighted by atomic mass is 10.0. The van der Waals surface area contributed by atoms with Crippen molar-refractivity contribution in [2.24, 2.45) is 0 Å². The molecule has 1 aromatic carbocycles. The fourth-order valence-electron chi connectivity index (χ4n) is 7.88. The van der Waals surface area contributed by atoms with Crippen LogP contribution in [0, 0.1) is 5.82 Å². The van der Waals surface area contributed by atoms with Gasteiger partial charge in [0.15, 0.2) is 0 Å². The normalized spacial score (nSPS) is 25.8. The number of rotatable bonds is 8. The first-order valence-electron chi connectivity index (χ1n) is 19.4. The van der Waals surface area contributed by atoms with E-state index in [1.165, 1.54) is 12.1 Å². The van der Waals surface area contributed by atoms with Crippen LogP contribution in [0.15, 0.2) is 30.3 Å². The molecule has 6 rings (SSSR count). The number of pyridine rings is 1. The van der Waals surface area contributed by atoms with Crippen LogP contribution >= 0.6 is 0 Å². The van der Waals surface area contributed by atoms with Crippen molar-refractivity contribution in [3.63, 3.8) is 0 Å². The Morgan fingerprint density at radius 3 is 2.28 bits per heavy atom. The van der Waals surface area contributed by atoms with Crippen molar-refractivity contribution < 1.29 is 37.7 Å². The largest absolute Gasteiger partial charge is 0.474 e. The molecule has 13 nitrogen and oxygen atoms in total. The third-order valence-electron chi connectivity index (χ3n) is 10.8. The first kappa shape index (κ1) is 39.8. The van der Waals surface area contributed by atoms with Crippen LogP contribution in [0.2, 0.25) is 0 Å². The Labute approximate surface area is 318 Å². The molecule has 14 heteroatoms. The molecular weight excluding hydrogens is 695 g/mol. The zero-order chi connectivity index (χ0) is 38.7. The molecule has 4 aliphatic rings. The Morgan fingerprint density at radius 2 is 1.61 bits per heavy atom. The number of nitrogens with one attached hydrogen (secondary N) is 1. The van der Waals surface area contributed by atoms with E-state index in [1.54, 1.807) is 21.9 Å². The van der Waals surface area contributed by atoms with Gasteiger partial charge < -0.3 is 34.1 Å². The first-order valence-corrected chi connectivity index (χ1v) is 19.4. The molecular formula is C40H57FN6O7. The van der Waals surface area contributed by atoms with E-state index >= 15 is 0 Å². The predicted molar refractivity (Wildman–Crippen MR) is 201 cm³/mol. The maximum absolute atomic E-state index is 14.6. The Bertz CT molecular complexity index is 1640. The van der Waals surface area contributed by atoms with E-state index in [2.05, 4.69) is 29.0 Å². The first-order chi connectivity index (χ1) is 25.7. The van der Waals surface area contributed by atoms with Crippen LogP contribution in [0.4, 0.5) is 14.9 Å². The van der Waals surface area contributed by atoms with E-state index in [9.17, 15) is 18.8 Å². The van der Waals surface area contributed by atoms with Gasteiger partial charge in [-0.3, -0.25) is 19.4 Å². The number of morpholine rings is 1. The van der Waals surface area contributed by atoms with Gasteiger partial charge in [-0.2, -0.15) is 0 Å². The average molecular weight is 753 g/mol. The van der Waals surface area contributed by atoms with Crippen molar-refractivity contribution in [3.05, 3.63) is 53.0 Å². The van der Waals surface area contributed by atoms with Gasteiger partial charge in [0.25, 0.3) is 5.91 Å². The van der Waals surface area contributed by atoms with Gasteiger partial charge in [-0.05, 0) is 97.1 Å². The Balaban J connectivity index is 1.29. The molecule has 2 aromatic rings. The molecule has 0 saturated carbocycles. The van der Waals surface area contributed by atoms with Crippen molar-refractivity contribution >= 4 is 23.6 Å². The fraction of sp³-hybridized carbons (Fsp3) is 0.650. The number of halogens is 1. The molecule has 296 valence electrons. The maximum Gasteiger partial charge on any atom is 0.410 e. The van der Waals surface area contributed by atoms with Crippen LogP contribution in [-0.4, -0.2) is 139 Å². The van der Waals surface area contributed by atoms with E-state index in [1.807, 2.05) is 40.7 Å². The van der Waals surface area contributed by atoms with Crippen molar-refractivity contribution in [3.8, 4) is 5.88 Å². The standard InChI is InChI=1S/C40H57FN6O7/c1-25-18-44(33(19-45-26(2)22-52-23-27(45)3)20-46(25)39(50)54-40(5,6)7)21-35(48)47-28(4)24-53-38-34(47)17-30(16-29-8-10-31(41)11-9-29)36(43-38)37(49)42-32-12-14-51-15-13-32/h8-11,17,25-28,32-33H,12-16,18-24H2,1-7H3,(H,42,49)/t25-,26-,27-,28+,33+/m1/s1. The number of carbonyl (C=O) groups is 3. The number of hydrogen-bond donors (Lipinski definition) is 1. The molecule has 0 unspecified atom stereocenters. The van der Waals surface area contributed by atoms with Gasteiger partial charge in [-0.15, -0.1) is 0 Å². The summed E-state index contributed by atoms with van der Waals surface area (Å²) in [6.07, 6.45) is 1.35. The van der Waals surface area contributed by atoms with Crippen LogP contribution in [0.25, 0.3) is 0 Å². The molecule has 0 bridgehead atoms. The summed E-state index contributed by atoms with van der Waals surface area (Å²) in [4.78, 5) is 54.7. The number of fused-ring (bicyclic) bond motifs is 1. The van der Waals surface area contributed by atoms with Crippen molar-refractivity contribution in [2.75, 3.05) is 64.1 Å². The molecule has 3 fully saturated rings. The highest BCUT2D eigenvalue weighted by molar-refractivity contribution is 5.99. The van der Waals surface area contributed by atoms with E-state index in [-0.39, 0.29) is 84.7 Å². The minimum absolute atomic E-state index is 0.0451. The molecule has 5 atom stereocenters. The van der Waals surface area contributed by atoms with Crippen molar-refractivity contribution in [1.29, 1.82) is 0 Å². The number of benzene rings is 1. The number of amides is 3. The highest BCUT2D eigenvalue weighted by Gasteiger charge is 2.41. The van der Waals surface area contributed by atoms with Gasteiger partial charge in [0, 0.05) is 63.1 Å². The average Bonchev–Trinajstić information content (AvgIpc) is 3.11. The summed E-state index contributed by atoms with van der Waals surface area (Å²) in [6, 6.07) is 7.63. The molecule has 3 amide bonds. The second-order valence-electron chi connectivity index (χ2n) is 16.4. The van der Waals surface area contributed by atoms with Crippen LogP contribution in [-0.2, 0) is 25.4 Å². The summed E-state index contributed by atoms with van der Waals surface area (Å²) in [6.45, 7) is 18.0. The summed E-state index contributed by atoms with van der Waals surface area (Å²) >= 11 is 0. The van der Waals surface area contributed by atoms with Gasteiger partial charge in [0.2, 0.25) is 11.8 Å². The maximum atomic E-state index is 14.6. The summed E-state index contributed by atoms with van der Waals surface area (Å²) in [5.74, 6) is -0.590. The lowest BCUT2D eigenvalue weighted by Crippen LogP contribution is -2.65. The topological polar surface area (TPSA) is 126 Å². The number of piperazine rings is 1. The third kappa shape index (κ3) is 9.50. The summed E-state index contributed by atoms with van der Waals surface area (Å²) < 4.78 is 37.1. The molecule has 3 saturated heterocycles. The van der Waals surface area contributed by atoms with E-state index in [4.69, 9.17) is 23.9 Å². The zero-order valence-electron chi connectivity index (χ0n) is 32.8. The lowest BCUT2D eigenvalue weighted by molar-refractivity contribution is -0.123. The van der Waals surface area contributed by atoms with Crippen LogP contribution in [0.5, 0.6) is 5.88 Å². The molecule has 1 N–H and O–H groups in total. The van der Waals surface area contributed by atoms with Crippen LogP contribution < -0.4 is 15.0 Å². The molecule has 4 aliphatic heterocycles. The van der Waals surface area contributed by atoms with E-state index < -0.39 is 5.60 Å². The fourth-order valence-corrected chi connectivity index (χ4v) is 7.88. The Morgan fingerprint density at radius 1 is 0.926 bits per heavy atom. The van der Waals surface area contributed by atoms with Gasteiger partial charge in [0.05, 0.1) is 25.8 Å².